The van der Waals surface area contributed by atoms with Gasteiger partial charge < -0.3 is 14.4 Å². The van der Waals surface area contributed by atoms with Crippen molar-refractivity contribution in [2.45, 2.75) is 33.2 Å². The molecule has 6 aromatic rings. The number of amides is 2. The van der Waals surface area contributed by atoms with Crippen molar-refractivity contribution >= 4 is 68.0 Å². The van der Waals surface area contributed by atoms with E-state index < -0.39 is 6.04 Å². The summed E-state index contributed by atoms with van der Waals surface area (Å²) in [5.74, 6) is 1.31. The Morgan fingerprint density at radius 2 is 1.63 bits per heavy atom. The fourth-order valence-corrected chi connectivity index (χ4v) is 8.62. The fourth-order valence-electron chi connectivity index (χ4n) is 7.28. The van der Waals surface area contributed by atoms with Gasteiger partial charge in [-0.2, -0.15) is 0 Å². The Hall–Kier alpha value is -5.32. The van der Waals surface area contributed by atoms with Gasteiger partial charge in [-0.3, -0.25) is 19.1 Å². The van der Waals surface area contributed by atoms with Crippen molar-refractivity contribution in [3.63, 3.8) is 0 Å². The number of aliphatic imine (C=N–C) groups is 1. The van der Waals surface area contributed by atoms with Crippen LogP contribution in [0.15, 0.2) is 91.0 Å². The third-order valence-corrected chi connectivity index (χ3v) is 11.5. The summed E-state index contributed by atoms with van der Waals surface area (Å²) in [6.07, 6.45) is 1.87. The number of aryl methyl sites for hydroxylation is 2. The molecule has 0 N–H and O–H groups in total. The Balaban J connectivity index is 1.04. The second-order valence-electron chi connectivity index (χ2n) is 13.1. The molecule has 8 rings (SSSR count). The molecule has 1 fully saturated rings. The zero-order valence-electron chi connectivity index (χ0n) is 28.7. The van der Waals surface area contributed by atoms with Gasteiger partial charge in [0, 0.05) is 69.2 Å². The number of thiophene rings is 1. The number of aromatic nitrogens is 4. The van der Waals surface area contributed by atoms with Gasteiger partial charge in [-0.25, -0.2) is 0 Å². The van der Waals surface area contributed by atoms with Crippen molar-refractivity contribution in [3.05, 3.63) is 130 Å². The van der Waals surface area contributed by atoms with Crippen LogP contribution < -0.4 is 0 Å². The molecule has 0 radical (unpaired) electrons. The first-order valence-corrected chi connectivity index (χ1v) is 18.1. The summed E-state index contributed by atoms with van der Waals surface area (Å²) in [6.45, 7) is 16.0. The highest BCUT2D eigenvalue weighted by Crippen LogP contribution is 2.40. The molecule has 0 spiro atoms. The number of nitrogens with zero attached hydrogens (tertiary/aromatic N) is 7. The first-order chi connectivity index (χ1) is 24.6. The second kappa shape index (κ2) is 12.8. The van der Waals surface area contributed by atoms with Crippen molar-refractivity contribution in [3.8, 4) is 5.00 Å². The molecule has 1 atom stereocenters. The molecule has 5 heterocycles. The number of carbonyl (C=O) groups excluding carboxylic acids is 2. The average molecular weight is 714 g/mol. The van der Waals surface area contributed by atoms with Crippen LogP contribution in [-0.4, -0.2) is 72.8 Å². The van der Waals surface area contributed by atoms with Crippen LogP contribution in [0.2, 0.25) is 5.02 Å². The van der Waals surface area contributed by atoms with Gasteiger partial charge >= 0.3 is 0 Å². The lowest BCUT2D eigenvalue weighted by atomic mass is 9.99. The van der Waals surface area contributed by atoms with Gasteiger partial charge in [0.15, 0.2) is 5.82 Å². The fraction of sp³-hybridized carbons (Fsp3) is 0.225. The molecule has 9 nitrogen and oxygen atoms in total. The van der Waals surface area contributed by atoms with Gasteiger partial charge in [0.05, 0.1) is 23.2 Å². The number of piperazine rings is 1. The van der Waals surface area contributed by atoms with E-state index in [2.05, 4.69) is 52.4 Å². The van der Waals surface area contributed by atoms with Crippen molar-refractivity contribution in [2.75, 3.05) is 26.2 Å². The van der Waals surface area contributed by atoms with Gasteiger partial charge in [0.1, 0.15) is 16.9 Å². The molecule has 256 valence electrons. The summed E-state index contributed by atoms with van der Waals surface area (Å²) < 4.78 is 4.13. The number of halogens is 1. The van der Waals surface area contributed by atoms with Crippen LogP contribution in [0.1, 0.15) is 56.0 Å². The second-order valence-corrected chi connectivity index (χ2v) is 14.7. The molecular formula is C40H36ClN7O2S. The zero-order valence-corrected chi connectivity index (χ0v) is 30.3. The number of allylic oxidation sites excluding steroid dienone is 2. The van der Waals surface area contributed by atoms with E-state index in [4.69, 9.17) is 16.6 Å². The average Bonchev–Trinajstić information content (AvgIpc) is 3.76. The molecule has 1 saturated heterocycles. The zero-order chi connectivity index (χ0) is 35.6. The number of fused-ring (bicyclic) bond motifs is 6. The van der Waals surface area contributed by atoms with Crippen LogP contribution in [0.3, 0.4) is 0 Å². The topological polar surface area (TPSA) is 88.6 Å². The van der Waals surface area contributed by atoms with E-state index in [0.717, 1.165) is 60.7 Å². The number of para-hydroxylation sites is 1. The quantitative estimate of drug-likeness (QED) is 0.164. The maximum absolute atomic E-state index is 14.0. The molecule has 3 aromatic heterocycles. The normalized spacial score (nSPS) is 15.8. The first-order valence-electron chi connectivity index (χ1n) is 16.9. The van der Waals surface area contributed by atoms with E-state index in [1.807, 2.05) is 77.4 Å². The van der Waals surface area contributed by atoms with E-state index in [9.17, 15) is 9.59 Å². The minimum Gasteiger partial charge on any atom is -0.339 e. The van der Waals surface area contributed by atoms with Crippen molar-refractivity contribution in [1.29, 1.82) is 0 Å². The molecule has 51 heavy (non-hydrogen) atoms. The summed E-state index contributed by atoms with van der Waals surface area (Å²) in [7, 11) is 0. The first kappa shape index (κ1) is 32.9. The lowest BCUT2D eigenvalue weighted by Gasteiger charge is -2.35. The summed E-state index contributed by atoms with van der Waals surface area (Å²) in [6, 6.07) is 21.0. The Morgan fingerprint density at radius 1 is 0.922 bits per heavy atom. The Morgan fingerprint density at radius 3 is 2.37 bits per heavy atom. The van der Waals surface area contributed by atoms with Crippen LogP contribution in [0.5, 0.6) is 0 Å². The van der Waals surface area contributed by atoms with Gasteiger partial charge in [0.2, 0.25) is 5.91 Å². The monoisotopic (exact) mass is 713 g/mol. The minimum absolute atomic E-state index is 0.0339. The molecule has 2 aliphatic rings. The van der Waals surface area contributed by atoms with E-state index in [0.29, 0.717) is 42.6 Å². The van der Waals surface area contributed by atoms with Gasteiger partial charge in [0.25, 0.3) is 5.91 Å². The number of benzene rings is 3. The summed E-state index contributed by atoms with van der Waals surface area (Å²) in [5.41, 5.74) is 7.29. The molecular weight excluding hydrogens is 678 g/mol. The van der Waals surface area contributed by atoms with E-state index in [1.165, 1.54) is 4.88 Å². The van der Waals surface area contributed by atoms with Crippen LogP contribution in [0.4, 0.5) is 0 Å². The van der Waals surface area contributed by atoms with Crippen LogP contribution in [0.25, 0.3) is 32.5 Å². The lowest BCUT2D eigenvalue weighted by molar-refractivity contribution is -0.133. The number of carbonyl (C=O) groups is 2. The third-order valence-electron chi connectivity index (χ3n) is 10.1. The van der Waals surface area contributed by atoms with Crippen molar-refractivity contribution in [1.82, 2.24) is 29.1 Å². The van der Waals surface area contributed by atoms with Crippen LogP contribution in [0, 0.1) is 20.8 Å². The predicted molar refractivity (Wildman–Crippen MR) is 205 cm³/mol. The van der Waals surface area contributed by atoms with Crippen LogP contribution in [-0.2, 0) is 4.79 Å². The highest BCUT2D eigenvalue weighted by molar-refractivity contribution is 7.15. The molecule has 0 unspecified atom stereocenters. The van der Waals surface area contributed by atoms with Gasteiger partial charge in [-0.05, 0) is 68.8 Å². The SMILES string of the molecule is C=CC(=C)n1c2ccccc2c2cc(C(=O)N3CCN(C(=O)C[C@@H]4N=C(c5ccc(Cl)cc5)c5c(sc(C)c5C)-n5c(C)nnc54)CC3)ccc21. The molecule has 2 amide bonds. The molecule has 0 saturated carbocycles. The van der Waals surface area contributed by atoms with E-state index in [-0.39, 0.29) is 18.2 Å². The summed E-state index contributed by atoms with van der Waals surface area (Å²) in [4.78, 5) is 37.9. The Labute approximate surface area is 304 Å². The highest BCUT2D eigenvalue weighted by Gasteiger charge is 2.34. The number of hydrogen-bond donors (Lipinski definition) is 0. The molecule has 0 bridgehead atoms. The standard InChI is InChI=1S/C40H36ClN7O2S/c1-6-23(2)47-33-10-8-7-9-30(33)31-21-28(13-16-34(31)47)39(50)46-19-17-45(18-20-46)35(49)22-32-38-44-43-26(5)48(38)40-36(24(3)25(4)51-40)37(42-32)27-11-14-29(41)15-12-27/h6-16,21,32H,1-2,17-20,22H2,3-5H3/t32-/m0/s1. The molecule has 0 aliphatic carbocycles. The predicted octanol–water partition coefficient (Wildman–Crippen LogP) is 7.94. The molecule has 3 aromatic carbocycles. The van der Waals surface area contributed by atoms with Crippen molar-refractivity contribution < 1.29 is 9.59 Å². The highest BCUT2D eigenvalue weighted by atomic mass is 35.5. The molecule has 11 heteroatoms. The van der Waals surface area contributed by atoms with Crippen molar-refractivity contribution in [2.24, 2.45) is 4.99 Å². The van der Waals surface area contributed by atoms with Gasteiger partial charge in [-0.15, -0.1) is 21.5 Å². The summed E-state index contributed by atoms with van der Waals surface area (Å²) >= 11 is 7.94. The number of hydrogen-bond acceptors (Lipinski definition) is 6. The number of rotatable bonds is 6. The third kappa shape index (κ3) is 5.50. The maximum atomic E-state index is 14.0. The lowest BCUT2D eigenvalue weighted by Crippen LogP contribution is -2.50. The summed E-state index contributed by atoms with van der Waals surface area (Å²) in [5, 5.41) is 12.7. The van der Waals surface area contributed by atoms with E-state index >= 15 is 0 Å². The maximum Gasteiger partial charge on any atom is 0.253 e. The molecule has 2 aliphatic heterocycles. The Kier molecular flexibility index (Phi) is 8.23. The van der Waals surface area contributed by atoms with Crippen LogP contribution >= 0.6 is 22.9 Å². The largest absolute Gasteiger partial charge is 0.339 e. The van der Waals surface area contributed by atoms with Gasteiger partial charge in [-0.1, -0.05) is 55.1 Å². The van der Waals surface area contributed by atoms with E-state index in [1.54, 1.807) is 17.4 Å². The smallest absolute Gasteiger partial charge is 0.253 e. The Bertz CT molecular complexity index is 2440. The minimum atomic E-state index is -0.547.